The number of hydrogen-bond donors (Lipinski definition) is 0. The molecule has 0 spiro atoms. The number of methoxy groups -OCH3 is 1. The molecule has 0 fully saturated rings. The third-order valence-electron chi connectivity index (χ3n) is 2.65. The van der Waals surface area contributed by atoms with Crippen molar-refractivity contribution in [2.45, 2.75) is 6.54 Å². The van der Waals surface area contributed by atoms with E-state index in [1.54, 1.807) is 18.0 Å². The minimum atomic E-state index is 0.462. The molecule has 0 saturated carbocycles. The van der Waals surface area contributed by atoms with E-state index in [1.807, 2.05) is 36.5 Å². The van der Waals surface area contributed by atoms with Crippen molar-refractivity contribution >= 4 is 0 Å². The summed E-state index contributed by atoms with van der Waals surface area (Å²) in [4.78, 5) is 4.34. The van der Waals surface area contributed by atoms with E-state index in [2.05, 4.69) is 15.2 Å². The monoisotopic (exact) mass is 256 g/mol. The van der Waals surface area contributed by atoms with Gasteiger partial charge in [-0.25, -0.2) is 0 Å². The van der Waals surface area contributed by atoms with Crippen LogP contribution in [0.25, 0.3) is 11.4 Å². The van der Waals surface area contributed by atoms with Crippen molar-refractivity contribution < 1.29 is 9.26 Å². The molecule has 0 radical (unpaired) electrons. The Balaban J connectivity index is 1.84. The molecule has 2 aromatic heterocycles. The molecular formula is C13H12N4O2. The first kappa shape index (κ1) is 11.5. The zero-order chi connectivity index (χ0) is 13.1. The van der Waals surface area contributed by atoms with Gasteiger partial charge in [0.1, 0.15) is 12.3 Å². The van der Waals surface area contributed by atoms with Crippen LogP contribution in [0.1, 0.15) is 5.89 Å². The molecule has 0 N–H and O–H groups in total. The molecule has 0 unspecified atom stereocenters. The molecule has 0 aliphatic heterocycles. The molecule has 3 rings (SSSR count). The Morgan fingerprint density at radius 3 is 3.05 bits per heavy atom. The Morgan fingerprint density at radius 2 is 2.26 bits per heavy atom. The minimum absolute atomic E-state index is 0.462. The summed E-state index contributed by atoms with van der Waals surface area (Å²) < 4.78 is 12.1. The van der Waals surface area contributed by atoms with Gasteiger partial charge >= 0.3 is 0 Å². The van der Waals surface area contributed by atoms with E-state index in [0.29, 0.717) is 18.3 Å². The van der Waals surface area contributed by atoms with E-state index in [-0.39, 0.29) is 0 Å². The van der Waals surface area contributed by atoms with E-state index < -0.39 is 0 Å². The molecule has 19 heavy (non-hydrogen) atoms. The standard InChI is InChI=1S/C13H12N4O2/c1-18-11-5-2-4-10(8-11)13-15-12(19-16-13)9-17-7-3-6-14-17/h2-8H,9H2,1H3. The van der Waals surface area contributed by atoms with Crippen LogP contribution in [0, 0.1) is 0 Å². The van der Waals surface area contributed by atoms with Crippen LogP contribution < -0.4 is 4.74 Å². The SMILES string of the molecule is COc1cccc(-c2noc(Cn3cccn3)n2)c1. The van der Waals surface area contributed by atoms with Gasteiger partial charge in [-0.2, -0.15) is 10.1 Å². The lowest BCUT2D eigenvalue weighted by atomic mass is 10.2. The van der Waals surface area contributed by atoms with Crippen molar-refractivity contribution in [2.75, 3.05) is 7.11 Å². The second-order valence-corrected chi connectivity index (χ2v) is 3.95. The summed E-state index contributed by atoms with van der Waals surface area (Å²) in [5.74, 6) is 1.82. The van der Waals surface area contributed by atoms with Crippen LogP contribution in [0.4, 0.5) is 0 Å². The van der Waals surface area contributed by atoms with Crippen LogP contribution in [0.3, 0.4) is 0 Å². The Labute approximate surface area is 109 Å². The van der Waals surface area contributed by atoms with Crippen molar-refractivity contribution in [1.82, 2.24) is 19.9 Å². The molecule has 3 aromatic rings. The summed E-state index contributed by atoms with van der Waals surface area (Å²) in [5, 5.41) is 8.05. The Kier molecular flexibility index (Phi) is 2.97. The van der Waals surface area contributed by atoms with Gasteiger partial charge in [-0.15, -0.1) is 0 Å². The number of ether oxygens (including phenoxy) is 1. The van der Waals surface area contributed by atoms with Gasteiger partial charge in [0.2, 0.25) is 11.7 Å². The molecule has 0 amide bonds. The van der Waals surface area contributed by atoms with Crippen LogP contribution in [-0.2, 0) is 6.54 Å². The van der Waals surface area contributed by atoms with Crippen molar-refractivity contribution in [1.29, 1.82) is 0 Å². The fourth-order valence-corrected chi connectivity index (χ4v) is 1.73. The van der Waals surface area contributed by atoms with Crippen LogP contribution in [0.15, 0.2) is 47.2 Å². The van der Waals surface area contributed by atoms with Crippen molar-refractivity contribution in [3.8, 4) is 17.1 Å². The molecule has 0 atom stereocenters. The second-order valence-electron chi connectivity index (χ2n) is 3.95. The highest BCUT2D eigenvalue weighted by molar-refractivity contribution is 5.56. The van der Waals surface area contributed by atoms with Crippen LogP contribution in [-0.4, -0.2) is 27.0 Å². The first-order valence-electron chi connectivity index (χ1n) is 5.79. The maximum absolute atomic E-state index is 5.20. The van der Waals surface area contributed by atoms with Crippen LogP contribution in [0.5, 0.6) is 5.75 Å². The Morgan fingerprint density at radius 1 is 1.32 bits per heavy atom. The number of hydrogen-bond acceptors (Lipinski definition) is 5. The predicted octanol–water partition coefficient (Wildman–Crippen LogP) is 1.99. The second kappa shape index (κ2) is 4.93. The number of nitrogens with zero attached hydrogens (tertiary/aromatic N) is 4. The summed E-state index contributed by atoms with van der Waals surface area (Å²) in [6.45, 7) is 0.462. The van der Waals surface area contributed by atoms with Crippen molar-refractivity contribution in [3.63, 3.8) is 0 Å². The summed E-state index contributed by atoms with van der Waals surface area (Å²) in [6.07, 6.45) is 3.55. The van der Waals surface area contributed by atoms with E-state index in [0.717, 1.165) is 11.3 Å². The number of benzene rings is 1. The summed E-state index contributed by atoms with van der Waals surface area (Å²) in [5.41, 5.74) is 0.856. The summed E-state index contributed by atoms with van der Waals surface area (Å²) in [6, 6.07) is 9.37. The number of rotatable bonds is 4. The average molecular weight is 256 g/mol. The van der Waals surface area contributed by atoms with Gasteiger partial charge in [-0.05, 0) is 18.2 Å². The summed E-state index contributed by atoms with van der Waals surface area (Å²) >= 11 is 0. The van der Waals surface area contributed by atoms with Crippen molar-refractivity contribution in [2.24, 2.45) is 0 Å². The maximum Gasteiger partial charge on any atom is 0.248 e. The van der Waals surface area contributed by atoms with Gasteiger partial charge in [-0.1, -0.05) is 17.3 Å². The largest absolute Gasteiger partial charge is 0.497 e. The number of aromatic nitrogens is 4. The Hall–Kier alpha value is -2.63. The summed E-state index contributed by atoms with van der Waals surface area (Å²) in [7, 11) is 1.62. The zero-order valence-corrected chi connectivity index (χ0v) is 10.4. The molecule has 2 heterocycles. The lowest BCUT2D eigenvalue weighted by Crippen LogP contribution is -1.99. The maximum atomic E-state index is 5.20. The fraction of sp³-hybridized carbons (Fsp3) is 0.154. The molecule has 96 valence electrons. The highest BCUT2D eigenvalue weighted by Crippen LogP contribution is 2.21. The lowest BCUT2D eigenvalue weighted by Gasteiger charge is -1.99. The van der Waals surface area contributed by atoms with Crippen LogP contribution >= 0.6 is 0 Å². The van der Waals surface area contributed by atoms with Gasteiger partial charge in [0, 0.05) is 18.0 Å². The molecule has 0 aliphatic rings. The van der Waals surface area contributed by atoms with E-state index >= 15 is 0 Å². The quantitative estimate of drug-likeness (QED) is 0.714. The zero-order valence-electron chi connectivity index (χ0n) is 10.4. The van der Waals surface area contributed by atoms with Gasteiger partial charge in [0.15, 0.2) is 0 Å². The third-order valence-corrected chi connectivity index (χ3v) is 2.65. The molecule has 1 aromatic carbocycles. The normalized spacial score (nSPS) is 10.6. The lowest BCUT2D eigenvalue weighted by molar-refractivity contribution is 0.366. The molecule has 6 nitrogen and oxygen atoms in total. The highest BCUT2D eigenvalue weighted by Gasteiger charge is 2.09. The topological polar surface area (TPSA) is 66.0 Å². The minimum Gasteiger partial charge on any atom is -0.497 e. The third kappa shape index (κ3) is 2.47. The Bertz CT molecular complexity index is 661. The average Bonchev–Trinajstić information content (AvgIpc) is 3.11. The van der Waals surface area contributed by atoms with Crippen molar-refractivity contribution in [3.05, 3.63) is 48.6 Å². The fourth-order valence-electron chi connectivity index (χ4n) is 1.73. The van der Waals surface area contributed by atoms with E-state index in [9.17, 15) is 0 Å². The van der Waals surface area contributed by atoms with Gasteiger partial charge < -0.3 is 9.26 Å². The van der Waals surface area contributed by atoms with Crippen LogP contribution in [0.2, 0.25) is 0 Å². The highest BCUT2D eigenvalue weighted by atomic mass is 16.5. The van der Waals surface area contributed by atoms with Gasteiger partial charge in [-0.3, -0.25) is 4.68 Å². The van der Waals surface area contributed by atoms with E-state index in [4.69, 9.17) is 9.26 Å². The molecular weight excluding hydrogens is 244 g/mol. The smallest absolute Gasteiger partial charge is 0.248 e. The molecule has 0 bridgehead atoms. The first-order chi connectivity index (χ1) is 9.35. The predicted molar refractivity (Wildman–Crippen MR) is 67.6 cm³/mol. The van der Waals surface area contributed by atoms with E-state index in [1.165, 1.54) is 0 Å². The first-order valence-corrected chi connectivity index (χ1v) is 5.79. The molecule has 6 heteroatoms. The van der Waals surface area contributed by atoms with Gasteiger partial charge in [0.05, 0.1) is 7.11 Å². The molecule has 0 saturated heterocycles. The molecule has 0 aliphatic carbocycles. The van der Waals surface area contributed by atoms with Gasteiger partial charge in [0.25, 0.3) is 0 Å².